The monoisotopic (exact) mass is 374 g/mol. The first-order valence-electron chi connectivity index (χ1n) is 8.64. The van der Waals surface area contributed by atoms with Crippen LogP contribution in [0.15, 0.2) is 42.2 Å². The molecule has 3 rings (SSSR count). The standard InChI is InChI=1S/C18H22N4O3S/c1-2-10-26(24,25)22-9-8-18(23)12-17(22)11-16-14-21(20-19-16)13-15-6-4-3-5-7-15/h3-7,11,14H,2,8-10,12-13H2,1H3. The Bertz CT molecular complexity index is 904. The van der Waals surface area contributed by atoms with E-state index in [2.05, 4.69) is 10.3 Å². The summed E-state index contributed by atoms with van der Waals surface area (Å²) in [6.07, 6.45) is 4.30. The minimum absolute atomic E-state index is 0.0378. The number of allylic oxidation sites excluding steroid dienone is 1. The maximum Gasteiger partial charge on any atom is 0.234 e. The van der Waals surface area contributed by atoms with E-state index in [9.17, 15) is 13.2 Å². The van der Waals surface area contributed by atoms with Gasteiger partial charge in [0.1, 0.15) is 11.5 Å². The second-order valence-corrected chi connectivity index (χ2v) is 8.33. The van der Waals surface area contributed by atoms with Crippen LogP contribution in [0.5, 0.6) is 0 Å². The van der Waals surface area contributed by atoms with Crippen LogP contribution in [0.1, 0.15) is 37.4 Å². The van der Waals surface area contributed by atoms with Crippen molar-refractivity contribution in [3.05, 3.63) is 53.5 Å². The molecule has 7 nitrogen and oxygen atoms in total. The summed E-state index contributed by atoms with van der Waals surface area (Å²) in [7, 11) is -3.41. The predicted molar refractivity (Wildman–Crippen MR) is 98.6 cm³/mol. The first-order chi connectivity index (χ1) is 12.5. The molecule has 8 heteroatoms. The Hall–Kier alpha value is -2.48. The van der Waals surface area contributed by atoms with Gasteiger partial charge in [-0.05, 0) is 18.1 Å². The van der Waals surface area contributed by atoms with Crippen LogP contribution in [0.4, 0.5) is 0 Å². The highest BCUT2D eigenvalue weighted by Crippen LogP contribution is 2.24. The summed E-state index contributed by atoms with van der Waals surface area (Å²) >= 11 is 0. The second kappa shape index (κ2) is 7.82. The molecule has 1 aliphatic rings. The molecule has 0 radical (unpaired) electrons. The number of Topliss-reactive ketones (excluding diaryl/α,β-unsaturated/α-hetero) is 1. The van der Waals surface area contributed by atoms with Gasteiger partial charge in [0.15, 0.2) is 0 Å². The molecule has 0 N–H and O–H groups in total. The summed E-state index contributed by atoms with van der Waals surface area (Å²) in [6, 6.07) is 9.86. The Labute approximate surface area is 153 Å². The Morgan fingerprint density at radius 3 is 2.73 bits per heavy atom. The summed E-state index contributed by atoms with van der Waals surface area (Å²) in [6.45, 7) is 2.60. The molecule has 0 atom stereocenters. The minimum atomic E-state index is -3.41. The van der Waals surface area contributed by atoms with Crippen LogP contribution in [0.3, 0.4) is 0 Å². The number of benzene rings is 1. The molecule has 26 heavy (non-hydrogen) atoms. The molecule has 1 aromatic heterocycles. The third-order valence-corrected chi connectivity index (χ3v) is 6.16. The average molecular weight is 374 g/mol. The molecule has 0 bridgehead atoms. The molecule has 0 amide bonds. The van der Waals surface area contributed by atoms with Gasteiger partial charge in [-0.2, -0.15) is 0 Å². The van der Waals surface area contributed by atoms with Crippen molar-refractivity contribution in [2.75, 3.05) is 12.3 Å². The van der Waals surface area contributed by atoms with Crippen molar-refractivity contribution in [3.63, 3.8) is 0 Å². The molecule has 1 saturated heterocycles. The third-order valence-electron chi connectivity index (χ3n) is 4.15. The van der Waals surface area contributed by atoms with Crippen LogP contribution in [0.25, 0.3) is 6.08 Å². The van der Waals surface area contributed by atoms with Crippen molar-refractivity contribution < 1.29 is 13.2 Å². The van der Waals surface area contributed by atoms with E-state index in [-0.39, 0.29) is 30.9 Å². The van der Waals surface area contributed by atoms with E-state index in [4.69, 9.17) is 0 Å². The summed E-state index contributed by atoms with van der Waals surface area (Å²) in [4.78, 5) is 11.8. The summed E-state index contributed by atoms with van der Waals surface area (Å²) in [5, 5.41) is 8.19. The van der Waals surface area contributed by atoms with E-state index in [1.165, 1.54) is 4.31 Å². The molecule has 1 aliphatic heterocycles. The molecular weight excluding hydrogens is 352 g/mol. The lowest BCUT2D eigenvalue weighted by atomic mass is 10.1. The smallest absolute Gasteiger partial charge is 0.234 e. The van der Waals surface area contributed by atoms with Gasteiger partial charge in [0.25, 0.3) is 0 Å². The number of aromatic nitrogens is 3. The van der Waals surface area contributed by atoms with Gasteiger partial charge >= 0.3 is 0 Å². The van der Waals surface area contributed by atoms with Crippen LogP contribution in [0, 0.1) is 0 Å². The number of hydrogen-bond donors (Lipinski definition) is 0. The third kappa shape index (κ3) is 4.37. The first-order valence-corrected chi connectivity index (χ1v) is 10.3. The zero-order valence-electron chi connectivity index (χ0n) is 14.7. The van der Waals surface area contributed by atoms with E-state index >= 15 is 0 Å². The number of piperidine rings is 1. The van der Waals surface area contributed by atoms with Crippen molar-refractivity contribution in [1.29, 1.82) is 0 Å². The molecule has 2 aromatic rings. The molecule has 1 aromatic carbocycles. The topological polar surface area (TPSA) is 85.2 Å². The number of rotatable bonds is 6. The Morgan fingerprint density at radius 2 is 2.00 bits per heavy atom. The van der Waals surface area contributed by atoms with Crippen LogP contribution in [-0.2, 0) is 21.4 Å². The van der Waals surface area contributed by atoms with Gasteiger partial charge in [-0.15, -0.1) is 5.10 Å². The lowest BCUT2D eigenvalue weighted by Gasteiger charge is -2.30. The first kappa shape index (κ1) is 18.3. The van der Waals surface area contributed by atoms with E-state index in [1.54, 1.807) is 17.0 Å². The van der Waals surface area contributed by atoms with Gasteiger partial charge in [-0.1, -0.05) is 42.5 Å². The quantitative estimate of drug-likeness (QED) is 0.773. The number of carbonyl (C=O) groups excluding carboxylic acids is 1. The van der Waals surface area contributed by atoms with E-state index < -0.39 is 10.0 Å². The van der Waals surface area contributed by atoms with Crippen molar-refractivity contribution in [3.8, 4) is 0 Å². The molecular formula is C18H22N4O3S. The zero-order valence-corrected chi connectivity index (χ0v) is 15.5. The Kier molecular flexibility index (Phi) is 5.51. The van der Waals surface area contributed by atoms with Gasteiger partial charge in [-0.3, -0.25) is 9.10 Å². The predicted octanol–water partition coefficient (Wildman–Crippen LogP) is 2.07. The van der Waals surface area contributed by atoms with Crippen LogP contribution in [-0.4, -0.2) is 45.8 Å². The van der Waals surface area contributed by atoms with Crippen molar-refractivity contribution >= 4 is 21.9 Å². The van der Waals surface area contributed by atoms with Crippen molar-refractivity contribution in [2.24, 2.45) is 0 Å². The van der Waals surface area contributed by atoms with Crippen LogP contribution in [0.2, 0.25) is 0 Å². The van der Waals surface area contributed by atoms with E-state index in [0.717, 1.165) is 5.56 Å². The highest BCUT2D eigenvalue weighted by Gasteiger charge is 2.29. The second-order valence-electron chi connectivity index (χ2n) is 6.32. The van der Waals surface area contributed by atoms with Crippen LogP contribution < -0.4 is 0 Å². The zero-order chi connectivity index (χ0) is 18.6. The number of sulfonamides is 1. The maximum atomic E-state index is 12.5. The maximum absolute atomic E-state index is 12.5. The molecule has 0 saturated carbocycles. The fourth-order valence-corrected chi connectivity index (χ4v) is 4.54. The normalized spacial score (nSPS) is 17.0. The lowest BCUT2D eigenvalue weighted by molar-refractivity contribution is -0.119. The highest BCUT2D eigenvalue weighted by molar-refractivity contribution is 7.89. The molecule has 0 aliphatic carbocycles. The fourth-order valence-electron chi connectivity index (χ4n) is 2.96. The Balaban J connectivity index is 1.83. The highest BCUT2D eigenvalue weighted by atomic mass is 32.2. The SMILES string of the molecule is CCCS(=O)(=O)N1CCC(=O)CC1=Cc1cn(Cc2ccccc2)nn1. The number of carbonyl (C=O) groups is 1. The van der Waals surface area contributed by atoms with Gasteiger partial charge in [-0.25, -0.2) is 13.1 Å². The van der Waals surface area contributed by atoms with Gasteiger partial charge in [0.2, 0.25) is 10.0 Å². The molecule has 138 valence electrons. The number of ketones is 1. The van der Waals surface area contributed by atoms with Gasteiger partial charge < -0.3 is 0 Å². The number of hydrogen-bond acceptors (Lipinski definition) is 5. The molecule has 2 heterocycles. The van der Waals surface area contributed by atoms with E-state index in [0.29, 0.717) is 24.4 Å². The average Bonchev–Trinajstić information content (AvgIpc) is 3.02. The summed E-state index contributed by atoms with van der Waals surface area (Å²) < 4.78 is 28.0. The number of nitrogens with zero attached hydrogens (tertiary/aromatic N) is 4. The van der Waals surface area contributed by atoms with Gasteiger partial charge in [0, 0.05) is 25.1 Å². The van der Waals surface area contributed by atoms with Gasteiger partial charge in [0.05, 0.1) is 18.5 Å². The van der Waals surface area contributed by atoms with E-state index in [1.807, 2.05) is 37.3 Å². The molecule has 0 spiro atoms. The summed E-state index contributed by atoms with van der Waals surface area (Å²) in [5.74, 6) is 0.107. The van der Waals surface area contributed by atoms with Crippen LogP contribution >= 0.6 is 0 Å². The lowest BCUT2D eigenvalue weighted by Crippen LogP contribution is -2.38. The fraction of sp³-hybridized carbons (Fsp3) is 0.389. The minimum Gasteiger partial charge on any atom is -0.299 e. The summed E-state index contributed by atoms with van der Waals surface area (Å²) in [5.41, 5.74) is 2.11. The molecule has 0 unspecified atom stereocenters. The largest absolute Gasteiger partial charge is 0.299 e. The molecule has 1 fully saturated rings. The Morgan fingerprint density at radius 1 is 1.23 bits per heavy atom. The van der Waals surface area contributed by atoms with Crippen molar-refractivity contribution in [1.82, 2.24) is 19.3 Å². The van der Waals surface area contributed by atoms with Crippen molar-refractivity contribution in [2.45, 2.75) is 32.7 Å².